The van der Waals surface area contributed by atoms with Gasteiger partial charge in [-0.25, -0.2) is 4.79 Å². The molecular formula is C26H24N4O5. The van der Waals surface area contributed by atoms with Crippen molar-refractivity contribution in [2.45, 2.75) is 13.8 Å². The second-order valence-corrected chi connectivity index (χ2v) is 8.03. The van der Waals surface area contributed by atoms with Gasteiger partial charge in [0.15, 0.2) is 5.71 Å². The van der Waals surface area contributed by atoms with Gasteiger partial charge >= 0.3 is 11.9 Å². The van der Waals surface area contributed by atoms with Crippen LogP contribution in [0.15, 0.2) is 70.9 Å². The molecule has 3 N–H and O–H groups in total. The molecule has 0 bridgehead atoms. The van der Waals surface area contributed by atoms with E-state index in [2.05, 4.69) is 15.6 Å². The first-order valence-corrected chi connectivity index (χ1v) is 10.8. The molecule has 1 amide bonds. The number of amides is 1. The Hall–Kier alpha value is -4.50. The van der Waals surface area contributed by atoms with Crippen LogP contribution in [0.2, 0.25) is 0 Å². The molecular weight excluding hydrogens is 448 g/mol. The van der Waals surface area contributed by atoms with Crippen molar-refractivity contribution in [3.05, 3.63) is 77.4 Å². The fourth-order valence-electron chi connectivity index (χ4n) is 3.62. The maximum atomic E-state index is 13.2. The van der Waals surface area contributed by atoms with Gasteiger partial charge < -0.3 is 14.9 Å². The van der Waals surface area contributed by atoms with E-state index < -0.39 is 11.9 Å². The van der Waals surface area contributed by atoms with Gasteiger partial charge in [-0.3, -0.25) is 10.2 Å². The lowest BCUT2D eigenvalue weighted by Crippen LogP contribution is -2.29. The molecule has 1 heterocycles. The van der Waals surface area contributed by atoms with Crippen LogP contribution in [-0.4, -0.2) is 47.2 Å². The number of hydrazone groups is 2. The number of nitrogens with zero attached hydrogens (tertiary/aromatic N) is 3. The van der Waals surface area contributed by atoms with Crippen molar-refractivity contribution in [3.63, 3.8) is 0 Å². The van der Waals surface area contributed by atoms with Gasteiger partial charge in [0.2, 0.25) is 0 Å². The Morgan fingerprint density at radius 2 is 1.86 bits per heavy atom. The smallest absolute Gasteiger partial charge is 0.335 e. The number of para-hydroxylation sites is 1. The molecule has 9 heteroatoms. The lowest BCUT2D eigenvalue weighted by molar-refractivity contribution is -0.112. The van der Waals surface area contributed by atoms with E-state index in [0.717, 1.165) is 11.1 Å². The summed E-state index contributed by atoms with van der Waals surface area (Å²) < 4.78 is 5.20. The first-order valence-electron chi connectivity index (χ1n) is 10.8. The Balaban J connectivity index is 1.65. The van der Waals surface area contributed by atoms with Crippen LogP contribution < -0.4 is 10.4 Å². The molecule has 0 unspecified atom stereocenters. The number of carbonyl (C=O) groups is 2. The van der Waals surface area contributed by atoms with Crippen LogP contribution in [0.4, 0.5) is 11.4 Å². The zero-order valence-corrected chi connectivity index (χ0v) is 19.4. The van der Waals surface area contributed by atoms with Gasteiger partial charge in [0.25, 0.3) is 0 Å². The molecule has 4 rings (SSSR count). The SMILES string of the molecule is COCC1=NN(c2ccc(C)c(C)c2)C(=O)C1=NNc1cccc(-c2cccc(C(=O)O)c2)c1O. The van der Waals surface area contributed by atoms with Crippen LogP contribution in [0.5, 0.6) is 5.75 Å². The molecule has 3 aromatic rings. The number of benzene rings is 3. The maximum absolute atomic E-state index is 13.2. The number of anilines is 2. The third-order valence-corrected chi connectivity index (χ3v) is 5.65. The summed E-state index contributed by atoms with van der Waals surface area (Å²) in [6.45, 7) is 4.01. The van der Waals surface area contributed by atoms with Crippen molar-refractivity contribution in [1.82, 2.24) is 0 Å². The molecule has 0 fully saturated rings. The van der Waals surface area contributed by atoms with Crippen molar-refractivity contribution in [3.8, 4) is 16.9 Å². The van der Waals surface area contributed by atoms with Crippen LogP contribution in [0.25, 0.3) is 11.1 Å². The number of hydrogen-bond donors (Lipinski definition) is 3. The summed E-state index contributed by atoms with van der Waals surface area (Å²) in [5.41, 5.74) is 7.17. The second kappa shape index (κ2) is 9.78. The van der Waals surface area contributed by atoms with Gasteiger partial charge in [-0.1, -0.05) is 30.3 Å². The second-order valence-electron chi connectivity index (χ2n) is 8.03. The van der Waals surface area contributed by atoms with Crippen LogP contribution in [0.3, 0.4) is 0 Å². The number of aromatic hydroxyl groups is 1. The molecule has 0 saturated carbocycles. The van der Waals surface area contributed by atoms with Crippen LogP contribution in [0, 0.1) is 13.8 Å². The van der Waals surface area contributed by atoms with Crippen molar-refractivity contribution in [2.24, 2.45) is 10.2 Å². The van der Waals surface area contributed by atoms with E-state index in [1.807, 2.05) is 32.0 Å². The monoisotopic (exact) mass is 472 g/mol. The highest BCUT2D eigenvalue weighted by atomic mass is 16.5. The molecule has 178 valence electrons. The molecule has 1 aliphatic rings. The quantitative estimate of drug-likeness (QED) is 0.350. The van der Waals surface area contributed by atoms with E-state index in [9.17, 15) is 19.8 Å². The van der Waals surface area contributed by atoms with Gasteiger partial charge in [-0.05, 0) is 60.9 Å². The number of aromatic carboxylic acids is 1. The van der Waals surface area contributed by atoms with Gasteiger partial charge in [0, 0.05) is 12.7 Å². The molecule has 1 aliphatic heterocycles. The summed E-state index contributed by atoms with van der Waals surface area (Å²) in [6, 6.07) is 16.8. The highest BCUT2D eigenvalue weighted by Crippen LogP contribution is 2.36. The minimum Gasteiger partial charge on any atom is -0.505 e. The third-order valence-electron chi connectivity index (χ3n) is 5.65. The van der Waals surface area contributed by atoms with E-state index in [1.165, 1.54) is 24.3 Å². The van der Waals surface area contributed by atoms with Crippen LogP contribution >= 0.6 is 0 Å². The number of ether oxygens (including phenoxy) is 1. The highest BCUT2D eigenvalue weighted by Gasteiger charge is 2.33. The molecule has 35 heavy (non-hydrogen) atoms. The lowest BCUT2D eigenvalue weighted by Gasteiger charge is -2.13. The zero-order valence-electron chi connectivity index (χ0n) is 19.4. The Morgan fingerprint density at radius 3 is 2.57 bits per heavy atom. The van der Waals surface area contributed by atoms with Crippen molar-refractivity contribution >= 4 is 34.7 Å². The van der Waals surface area contributed by atoms with E-state index >= 15 is 0 Å². The Labute approximate surface area is 202 Å². The predicted molar refractivity (Wildman–Crippen MR) is 134 cm³/mol. The Morgan fingerprint density at radius 1 is 1.09 bits per heavy atom. The summed E-state index contributed by atoms with van der Waals surface area (Å²) in [6.07, 6.45) is 0. The first kappa shape index (κ1) is 23.7. The maximum Gasteiger partial charge on any atom is 0.335 e. The Kier molecular flexibility index (Phi) is 6.61. The summed E-state index contributed by atoms with van der Waals surface area (Å²) >= 11 is 0. The van der Waals surface area contributed by atoms with Crippen molar-refractivity contribution in [1.29, 1.82) is 0 Å². The largest absolute Gasteiger partial charge is 0.505 e. The van der Waals surface area contributed by atoms with Crippen LogP contribution in [0.1, 0.15) is 21.5 Å². The average Bonchev–Trinajstić information content (AvgIpc) is 3.15. The molecule has 0 atom stereocenters. The summed E-state index contributed by atoms with van der Waals surface area (Å²) in [7, 11) is 1.50. The summed E-state index contributed by atoms with van der Waals surface area (Å²) in [5.74, 6) is -1.64. The molecule has 0 aromatic heterocycles. The highest BCUT2D eigenvalue weighted by molar-refractivity contribution is 6.72. The topological polar surface area (TPSA) is 124 Å². The fourth-order valence-corrected chi connectivity index (χ4v) is 3.62. The molecule has 9 nitrogen and oxygen atoms in total. The number of carboxylic acids is 1. The summed E-state index contributed by atoms with van der Waals surface area (Å²) in [5, 5.41) is 30.0. The lowest BCUT2D eigenvalue weighted by atomic mass is 10.0. The van der Waals surface area contributed by atoms with Crippen molar-refractivity contribution < 1.29 is 24.5 Å². The standard InChI is InChI=1S/C26H24N4O5/c1-15-10-11-19(12-16(15)2)30-25(32)23(22(29-30)14-35-3)28-27-21-9-5-8-20(24(21)31)17-6-4-7-18(13-17)26(33)34/h4-13,27,31H,14H2,1-3H3,(H,33,34). The number of aryl methyl sites for hydroxylation is 2. The van der Waals surface area contributed by atoms with E-state index in [0.29, 0.717) is 22.5 Å². The van der Waals surface area contributed by atoms with Gasteiger partial charge in [0.1, 0.15) is 11.5 Å². The minimum atomic E-state index is -1.06. The molecule has 0 radical (unpaired) electrons. The van der Waals surface area contributed by atoms with Gasteiger partial charge in [-0.15, -0.1) is 0 Å². The minimum absolute atomic E-state index is 0.0581. The number of methoxy groups -OCH3 is 1. The molecule has 0 saturated heterocycles. The predicted octanol–water partition coefficient (Wildman–Crippen LogP) is 4.19. The third kappa shape index (κ3) is 4.75. The number of phenols is 1. The van der Waals surface area contributed by atoms with Gasteiger partial charge in [0.05, 0.1) is 23.5 Å². The number of phenolic OH excluding ortho intramolecular Hbond substituents is 1. The molecule has 0 aliphatic carbocycles. The number of rotatable bonds is 7. The average molecular weight is 473 g/mol. The van der Waals surface area contributed by atoms with E-state index in [1.54, 1.807) is 30.3 Å². The van der Waals surface area contributed by atoms with E-state index in [4.69, 9.17) is 4.74 Å². The number of carboxylic acid groups (broad SMARTS) is 1. The molecule has 3 aromatic carbocycles. The number of nitrogens with one attached hydrogen (secondary N) is 1. The number of hydrogen-bond acceptors (Lipinski definition) is 7. The Bertz CT molecular complexity index is 1380. The normalized spacial score (nSPS) is 14.4. The van der Waals surface area contributed by atoms with E-state index in [-0.39, 0.29) is 29.3 Å². The fraction of sp³-hybridized carbons (Fsp3) is 0.154. The first-order chi connectivity index (χ1) is 16.8. The zero-order chi connectivity index (χ0) is 25.1. The van der Waals surface area contributed by atoms with Crippen molar-refractivity contribution in [2.75, 3.05) is 24.2 Å². The summed E-state index contributed by atoms with van der Waals surface area (Å²) in [4.78, 5) is 24.5. The van der Waals surface area contributed by atoms with Crippen LogP contribution in [-0.2, 0) is 9.53 Å². The molecule has 0 spiro atoms. The van der Waals surface area contributed by atoms with Gasteiger partial charge in [-0.2, -0.15) is 15.2 Å². The number of carbonyl (C=O) groups excluding carboxylic acids is 1.